The van der Waals surface area contributed by atoms with Gasteiger partial charge in [-0.15, -0.1) is 0 Å². The fraction of sp³-hybridized carbons (Fsp3) is 0.762. The number of aromatic nitrogens is 1. The zero-order valence-electron chi connectivity index (χ0n) is 18.3. The van der Waals surface area contributed by atoms with E-state index in [-0.39, 0.29) is 16.8 Å². The first kappa shape index (κ1) is 22.7. The Morgan fingerprint density at radius 1 is 1.13 bits per heavy atom. The maximum absolute atomic E-state index is 13.0. The smallest absolute Gasteiger partial charge is 0.267 e. The van der Waals surface area contributed by atoms with Crippen molar-refractivity contribution in [2.45, 2.75) is 36.6 Å². The third-order valence-electron chi connectivity index (χ3n) is 6.66. The number of rotatable bonds is 7. The first-order valence-corrected chi connectivity index (χ1v) is 12.7. The SMILES string of the molecule is Cn1cc(S(=O)(=O)N2CCCCC2)cc1C(=O)NCC(C1CCOC1)N1CCOCC1. The topological polar surface area (TPSA) is 93.1 Å². The van der Waals surface area contributed by atoms with Gasteiger partial charge < -0.3 is 19.4 Å². The number of carbonyl (C=O) groups excluding carboxylic acids is 1. The number of amides is 1. The molecule has 1 N–H and O–H groups in total. The Morgan fingerprint density at radius 2 is 1.87 bits per heavy atom. The van der Waals surface area contributed by atoms with Crippen molar-refractivity contribution in [1.82, 2.24) is 19.1 Å². The third-order valence-corrected chi connectivity index (χ3v) is 8.52. The molecule has 4 rings (SSSR count). The Balaban J connectivity index is 1.44. The Hall–Kier alpha value is -1.46. The second-order valence-corrected chi connectivity index (χ2v) is 10.6. The van der Waals surface area contributed by atoms with Crippen LogP contribution in [0, 0.1) is 5.92 Å². The number of hydrogen-bond acceptors (Lipinski definition) is 6. The minimum atomic E-state index is -3.56. The Bertz CT molecular complexity index is 853. The molecule has 31 heavy (non-hydrogen) atoms. The van der Waals surface area contributed by atoms with Crippen molar-refractivity contribution in [3.8, 4) is 0 Å². The number of piperidine rings is 1. The average molecular weight is 455 g/mol. The molecule has 0 spiro atoms. The van der Waals surface area contributed by atoms with Gasteiger partial charge in [-0.1, -0.05) is 6.42 Å². The van der Waals surface area contributed by atoms with Gasteiger partial charge in [0.05, 0.1) is 19.8 Å². The molecule has 0 aliphatic carbocycles. The van der Waals surface area contributed by atoms with E-state index in [0.29, 0.717) is 51.1 Å². The van der Waals surface area contributed by atoms with Crippen LogP contribution < -0.4 is 5.32 Å². The van der Waals surface area contributed by atoms with Gasteiger partial charge in [0.15, 0.2) is 0 Å². The Kier molecular flexibility index (Phi) is 7.33. The summed E-state index contributed by atoms with van der Waals surface area (Å²) in [7, 11) is -1.85. The van der Waals surface area contributed by atoms with E-state index in [9.17, 15) is 13.2 Å². The van der Waals surface area contributed by atoms with Crippen LogP contribution in [0.3, 0.4) is 0 Å². The Morgan fingerprint density at radius 3 is 2.55 bits per heavy atom. The number of aryl methyl sites for hydroxylation is 1. The minimum absolute atomic E-state index is 0.187. The average Bonchev–Trinajstić information content (AvgIpc) is 3.46. The van der Waals surface area contributed by atoms with E-state index in [0.717, 1.165) is 45.4 Å². The monoisotopic (exact) mass is 454 g/mol. The molecule has 3 saturated heterocycles. The maximum Gasteiger partial charge on any atom is 0.267 e. The molecule has 1 aromatic heterocycles. The zero-order valence-corrected chi connectivity index (χ0v) is 19.1. The van der Waals surface area contributed by atoms with E-state index in [1.807, 2.05) is 0 Å². The van der Waals surface area contributed by atoms with Crippen LogP contribution in [0.2, 0.25) is 0 Å². The molecule has 2 unspecified atom stereocenters. The molecule has 1 aromatic rings. The van der Waals surface area contributed by atoms with E-state index in [2.05, 4.69) is 10.2 Å². The van der Waals surface area contributed by atoms with Crippen molar-refractivity contribution in [2.24, 2.45) is 13.0 Å². The first-order valence-electron chi connectivity index (χ1n) is 11.3. The highest BCUT2D eigenvalue weighted by atomic mass is 32.2. The predicted octanol–water partition coefficient (Wildman–Crippen LogP) is 0.667. The van der Waals surface area contributed by atoms with Crippen LogP contribution in [-0.4, -0.2) is 93.3 Å². The summed E-state index contributed by atoms with van der Waals surface area (Å²) in [6, 6.07) is 1.69. The summed E-state index contributed by atoms with van der Waals surface area (Å²) in [4.78, 5) is 15.5. The lowest BCUT2D eigenvalue weighted by atomic mass is 9.97. The summed E-state index contributed by atoms with van der Waals surface area (Å²) in [6.07, 6.45) is 5.36. The number of ether oxygens (including phenoxy) is 2. The van der Waals surface area contributed by atoms with Gasteiger partial charge in [0.1, 0.15) is 10.6 Å². The van der Waals surface area contributed by atoms with Gasteiger partial charge in [0.25, 0.3) is 5.91 Å². The first-order chi connectivity index (χ1) is 15.0. The molecule has 0 saturated carbocycles. The van der Waals surface area contributed by atoms with Crippen LogP contribution in [0.4, 0.5) is 0 Å². The largest absolute Gasteiger partial charge is 0.381 e. The summed E-state index contributed by atoms with van der Waals surface area (Å²) in [5.74, 6) is 0.127. The lowest BCUT2D eigenvalue weighted by Gasteiger charge is -2.37. The van der Waals surface area contributed by atoms with Crippen molar-refractivity contribution in [3.05, 3.63) is 18.0 Å². The normalized spacial score (nSPS) is 24.9. The fourth-order valence-electron chi connectivity index (χ4n) is 4.80. The van der Waals surface area contributed by atoms with Gasteiger partial charge in [-0.05, 0) is 25.3 Å². The molecule has 0 radical (unpaired) electrons. The van der Waals surface area contributed by atoms with Crippen LogP contribution in [0.15, 0.2) is 17.2 Å². The second kappa shape index (κ2) is 9.99. The molecule has 174 valence electrons. The van der Waals surface area contributed by atoms with Crippen molar-refractivity contribution < 1.29 is 22.7 Å². The molecule has 3 fully saturated rings. The lowest BCUT2D eigenvalue weighted by Crippen LogP contribution is -2.52. The quantitative estimate of drug-likeness (QED) is 0.651. The summed E-state index contributed by atoms with van der Waals surface area (Å²) in [6.45, 7) is 6.16. The number of nitrogens with zero attached hydrogens (tertiary/aromatic N) is 3. The fourth-order valence-corrected chi connectivity index (χ4v) is 6.39. The minimum Gasteiger partial charge on any atom is -0.381 e. The van der Waals surface area contributed by atoms with Gasteiger partial charge in [0, 0.05) is 64.5 Å². The van der Waals surface area contributed by atoms with Crippen molar-refractivity contribution in [3.63, 3.8) is 0 Å². The molecular formula is C21H34N4O5S. The molecule has 0 aromatic carbocycles. The summed E-state index contributed by atoms with van der Waals surface area (Å²) >= 11 is 0. The van der Waals surface area contributed by atoms with Gasteiger partial charge in [-0.3, -0.25) is 9.69 Å². The molecule has 0 bridgehead atoms. The van der Waals surface area contributed by atoms with Gasteiger partial charge in [-0.2, -0.15) is 4.31 Å². The molecular weight excluding hydrogens is 420 g/mol. The highest BCUT2D eigenvalue weighted by Gasteiger charge is 2.33. The van der Waals surface area contributed by atoms with Crippen molar-refractivity contribution >= 4 is 15.9 Å². The van der Waals surface area contributed by atoms with Gasteiger partial charge >= 0.3 is 0 Å². The molecule has 10 heteroatoms. The number of sulfonamides is 1. The van der Waals surface area contributed by atoms with E-state index in [1.54, 1.807) is 17.8 Å². The summed E-state index contributed by atoms with van der Waals surface area (Å²) in [5, 5.41) is 3.05. The highest BCUT2D eigenvalue weighted by molar-refractivity contribution is 7.89. The van der Waals surface area contributed by atoms with Crippen LogP contribution in [0.5, 0.6) is 0 Å². The molecule has 3 aliphatic rings. The van der Waals surface area contributed by atoms with Crippen LogP contribution in [-0.2, 0) is 26.5 Å². The van der Waals surface area contributed by atoms with E-state index >= 15 is 0 Å². The second-order valence-electron chi connectivity index (χ2n) is 8.69. The number of hydrogen-bond donors (Lipinski definition) is 1. The summed E-state index contributed by atoms with van der Waals surface area (Å²) in [5.41, 5.74) is 0.360. The molecule has 2 atom stereocenters. The van der Waals surface area contributed by atoms with Crippen LogP contribution in [0.25, 0.3) is 0 Å². The van der Waals surface area contributed by atoms with Crippen molar-refractivity contribution in [2.75, 3.05) is 59.2 Å². The summed E-state index contributed by atoms with van der Waals surface area (Å²) < 4.78 is 40.2. The van der Waals surface area contributed by atoms with Gasteiger partial charge in [-0.25, -0.2) is 8.42 Å². The maximum atomic E-state index is 13.0. The molecule has 9 nitrogen and oxygen atoms in total. The van der Waals surface area contributed by atoms with E-state index in [4.69, 9.17) is 9.47 Å². The molecule has 3 aliphatic heterocycles. The van der Waals surface area contributed by atoms with Crippen LogP contribution in [0.1, 0.15) is 36.2 Å². The molecule has 4 heterocycles. The Labute approximate surface area is 184 Å². The highest BCUT2D eigenvalue weighted by Crippen LogP contribution is 2.24. The number of morpholine rings is 1. The van der Waals surface area contributed by atoms with E-state index < -0.39 is 10.0 Å². The number of nitrogens with one attached hydrogen (secondary N) is 1. The van der Waals surface area contributed by atoms with E-state index in [1.165, 1.54) is 10.4 Å². The molecule has 1 amide bonds. The zero-order chi connectivity index (χ0) is 21.8. The third kappa shape index (κ3) is 5.14. The predicted molar refractivity (Wildman–Crippen MR) is 115 cm³/mol. The van der Waals surface area contributed by atoms with Crippen LogP contribution >= 0.6 is 0 Å². The standard InChI is InChI=1S/C21H34N4O5S/c1-23-15-18(31(27,28)25-6-3-2-4-7-25)13-19(23)21(26)22-14-20(17-5-10-30-16-17)24-8-11-29-12-9-24/h13,15,17,20H,2-12,14,16H2,1H3,(H,22,26). The van der Waals surface area contributed by atoms with Crippen molar-refractivity contribution in [1.29, 1.82) is 0 Å². The number of carbonyl (C=O) groups is 1. The van der Waals surface area contributed by atoms with Gasteiger partial charge in [0.2, 0.25) is 10.0 Å². The lowest BCUT2D eigenvalue weighted by molar-refractivity contribution is 0.00164.